The molecule has 1 N–H and O–H groups in total. The number of hydrogen-bond donors (Lipinski definition) is 1. The van der Waals surface area contributed by atoms with Crippen molar-refractivity contribution in [3.8, 4) is 0 Å². The van der Waals surface area contributed by atoms with Gasteiger partial charge in [0.2, 0.25) is 10.0 Å². The zero-order chi connectivity index (χ0) is 20.1. The summed E-state index contributed by atoms with van der Waals surface area (Å²) in [4.78, 5) is 25.4. The first-order valence-corrected chi connectivity index (χ1v) is 10.5. The lowest BCUT2D eigenvalue weighted by molar-refractivity contribution is -0.149. The summed E-state index contributed by atoms with van der Waals surface area (Å²) in [5.41, 5.74) is 0.805. The summed E-state index contributed by atoms with van der Waals surface area (Å²) >= 11 is 5.60. The molecule has 7 nitrogen and oxygen atoms in total. The van der Waals surface area contributed by atoms with Gasteiger partial charge in [0, 0.05) is 12.6 Å². The van der Waals surface area contributed by atoms with Crippen molar-refractivity contribution in [2.24, 2.45) is 0 Å². The topological polar surface area (TPSA) is 92.8 Å². The summed E-state index contributed by atoms with van der Waals surface area (Å²) in [5.74, 6) is -0.626. The number of nitrogens with zero attached hydrogens (tertiary/aromatic N) is 1. The van der Waals surface area contributed by atoms with Gasteiger partial charge in [-0.05, 0) is 35.7 Å². The van der Waals surface area contributed by atoms with E-state index in [1.165, 1.54) is 12.1 Å². The van der Waals surface area contributed by atoms with Crippen molar-refractivity contribution >= 4 is 33.0 Å². The van der Waals surface area contributed by atoms with Gasteiger partial charge in [-0.3, -0.25) is 4.79 Å². The molecule has 0 radical (unpaired) electrons. The number of amides is 1. The maximum absolute atomic E-state index is 12.5. The minimum atomic E-state index is -3.78. The van der Waals surface area contributed by atoms with Gasteiger partial charge in [-0.15, -0.1) is 0 Å². The van der Waals surface area contributed by atoms with Gasteiger partial charge in [-0.25, -0.2) is 17.9 Å². The predicted molar refractivity (Wildman–Crippen MR) is 103 cm³/mol. The van der Waals surface area contributed by atoms with Crippen LogP contribution in [0.2, 0.25) is 0 Å². The van der Waals surface area contributed by atoms with Crippen molar-refractivity contribution in [2.45, 2.75) is 30.0 Å². The number of carbonyl (C=O) groups excluding carboxylic acids is 2. The highest BCUT2D eigenvalue weighted by Crippen LogP contribution is 2.23. The predicted octanol–water partition coefficient (Wildman–Crippen LogP) is 2.51. The molecule has 9 heteroatoms. The number of nitrogens with one attached hydrogen (secondary N) is 1. The van der Waals surface area contributed by atoms with E-state index in [9.17, 15) is 18.0 Å². The molecule has 148 valence electrons. The SMILES string of the molecule is O=C(OCc1ccccc1)C1CC(NS(=O)(=O)c2ccccc2)CN1C(=O)Cl. The van der Waals surface area contributed by atoms with Gasteiger partial charge in [0.1, 0.15) is 12.6 Å². The smallest absolute Gasteiger partial charge is 0.329 e. The molecule has 1 saturated heterocycles. The van der Waals surface area contributed by atoms with Crippen LogP contribution >= 0.6 is 11.6 Å². The lowest BCUT2D eigenvalue weighted by atomic mass is 10.2. The molecular weight excluding hydrogens is 404 g/mol. The van der Waals surface area contributed by atoms with E-state index in [0.717, 1.165) is 10.5 Å². The number of sulfonamides is 1. The van der Waals surface area contributed by atoms with E-state index in [1.807, 2.05) is 30.3 Å². The van der Waals surface area contributed by atoms with Crippen LogP contribution in [0.15, 0.2) is 65.6 Å². The van der Waals surface area contributed by atoms with Crippen molar-refractivity contribution in [1.29, 1.82) is 0 Å². The van der Waals surface area contributed by atoms with E-state index in [4.69, 9.17) is 16.3 Å². The summed E-state index contributed by atoms with van der Waals surface area (Å²) in [6, 6.07) is 15.4. The lowest BCUT2D eigenvalue weighted by Crippen LogP contribution is -2.39. The molecule has 0 spiro atoms. The van der Waals surface area contributed by atoms with Gasteiger partial charge < -0.3 is 9.64 Å². The van der Waals surface area contributed by atoms with Gasteiger partial charge in [-0.1, -0.05) is 48.5 Å². The Morgan fingerprint density at radius 2 is 1.68 bits per heavy atom. The highest BCUT2D eigenvalue weighted by Gasteiger charge is 2.41. The second-order valence-corrected chi connectivity index (χ2v) is 8.42. The second kappa shape index (κ2) is 8.72. The molecule has 28 heavy (non-hydrogen) atoms. The molecule has 2 aromatic rings. The summed E-state index contributed by atoms with van der Waals surface area (Å²) in [6.45, 7) is 0.0421. The number of benzene rings is 2. The Bertz CT molecular complexity index is 937. The molecule has 1 amide bonds. The van der Waals surface area contributed by atoms with Crippen LogP contribution in [0.1, 0.15) is 12.0 Å². The number of esters is 1. The Morgan fingerprint density at radius 1 is 1.07 bits per heavy atom. The zero-order valence-corrected chi connectivity index (χ0v) is 16.4. The monoisotopic (exact) mass is 422 g/mol. The first kappa shape index (κ1) is 20.3. The second-order valence-electron chi connectivity index (χ2n) is 6.38. The minimum absolute atomic E-state index is 0.0144. The standard InChI is InChI=1S/C19H19ClN2O5S/c20-19(24)22-12-15(21-28(25,26)16-9-5-2-6-10-16)11-17(22)18(23)27-13-14-7-3-1-4-8-14/h1-10,15,17,21H,11-13H2. The zero-order valence-electron chi connectivity index (χ0n) is 14.8. The molecular formula is C19H19ClN2O5S. The molecule has 0 aromatic heterocycles. The average Bonchev–Trinajstić information content (AvgIpc) is 3.11. The van der Waals surface area contributed by atoms with E-state index >= 15 is 0 Å². The van der Waals surface area contributed by atoms with Crippen LogP contribution in [-0.2, 0) is 26.2 Å². The average molecular weight is 423 g/mol. The molecule has 2 unspecified atom stereocenters. The molecule has 1 heterocycles. The third-order valence-corrected chi connectivity index (χ3v) is 6.15. The fourth-order valence-electron chi connectivity index (χ4n) is 3.05. The maximum atomic E-state index is 12.5. The normalized spacial score (nSPS) is 19.4. The van der Waals surface area contributed by atoms with Crippen LogP contribution in [0.25, 0.3) is 0 Å². The van der Waals surface area contributed by atoms with Crippen LogP contribution in [-0.4, -0.2) is 43.3 Å². The van der Waals surface area contributed by atoms with E-state index in [2.05, 4.69) is 4.72 Å². The van der Waals surface area contributed by atoms with E-state index in [0.29, 0.717) is 0 Å². The Labute approximate surface area is 168 Å². The summed E-state index contributed by atoms with van der Waals surface area (Å²) < 4.78 is 32.8. The van der Waals surface area contributed by atoms with E-state index in [-0.39, 0.29) is 24.5 Å². The van der Waals surface area contributed by atoms with Gasteiger partial charge in [0.15, 0.2) is 0 Å². The third kappa shape index (κ3) is 4.89. The maximum Gasteiger partial charge on any atom is 0.329 e. The van der Waals surface area contributed by atoms with Crippen LogP contribution < -0.4 is 4.72 Å². The molecule has 1 aliphatic heterocycles. The first-order valence-electron chi connectivity index (χ1n) is 8.61. The largest absolute Gasteiger partial charge is 0.459 e. The number of ether oxygens (including phenoxy) is 1. The van der Waals surface area contributed by atoms with Gasteiger partial charge in [0.05, 0.1) is 4.90 Å². The quantitative estimate of drug-likeness (QED) is 0.438. The van der Waals surface area contributed by atoms with Crippen molar-refractivity contribution in [3.05, 3.63) is 66.2 Å². The van der Waals surface area contributed by atoms with Gasteiger partial charge >= 0.3 is 11.3 Å². The molecule has 3 rings (SSSR count). The van der Waals surface area contributed by atoms with Gasteiger partial charge in [0.25, 0.3) is 0 Å². The lowest BCUT2D eigenvalue weighted by Gasteiger charge is -2.20. The van der Waals surface area contributed by atoms with Crippen LogP contribution in [0.4, 0.5) is 4.79 Å². The molecule has 0 bridgehead atoms. The van der Waals surface area contributed by atoms with Crippen molar-refractivity contribution in [2.75, 3.05) is 6.54 Å². The van der Waals surface area contributed by atoms with Crippen LogP contribution in [0.3, 0.4) is 0 Å². The number of halogens is 1. The Kier molecular flexibility index (Phi) is 6.33. The third-order valence-electron chi connectivity index (χ3n) is 4.40. The molecule has 1 fully saturated rings. The number of carbonyl (C=O) groups is 2. The highest BCUT2D eigenvalue weighted by atomic mass is 35.5. The Morgan fingerprint density at radius 3 is 2.29 bits per heavy atom. The fourth-order valence-corrected chi connectivity index (χ4v) is 4.50. The van der Waals surface area contributed by atoms with Crippen molar-refractivity contribution < 1.29 is 22.7 Å². The van der Waals surface area contributed by atoms with Crippen LogP contribution in [0.5, 0.6) is 0 Å². The van der Waals surface area contributed by atoms with E-state index < -0.39 is 33.4 Å². The molecule has 0 aliphatic carbocycles. The molecule has 2 aromatic carbocycles. The molecule has 0 saturated carbocycles. The molecule has 2 atom stereocenters. The van der Waals surface area contributed by atoms with Gasteiger partial charge in [-0.2, -0.15) is 0 Å². The summed E-state index contributed by atoms with van der Waals surface area (Å²) in [6.07, 6.45) is 0.0815. The number of hydrogen-bond acceptors (Lipinski definition) is 5. The summed E-state index contributed by atoms with van der Waals surface area (Å²) in [5, 5.41) is -0.830. The van der Waals surface area contributed by atoms with Crippen molar-refractivity contribution in [1.82, 2.24) is 9.62 Å². The minimum Gasteiger partial charge on any atom is -0.459 e. The fraction of sp³-hybridized carbons (Fsp3) is 0.263. The Hall–Kier alpha value is -2.42. The molecule has 1 aliphatic rings. The highest BCUT2D eigenvalue weighted by molar-refractivity contribution is 7.89. The summed E-state index contributed by atoms with van der Waals surface area (Å²) in [7, 11) is -3.78. The number of rotatable bonds is 6. The van der Waals surface area contributed by atoms with Crippen molar-refractivity contribution in [3.63, 3.8) is 0 Å². The van der Waals surface area contributed by atoms with Crippen LogP contribution in [0, 0.1) is 0 Å². The van der Waals surface area contributed by atoms with E-state index in [1.54, 1.807) is 18.2 Å². The number of likely N-dealkylation sites (tertiary alicyclic amines) is 1. The first-order chi connectivity index (χ1) is 13.4. The Balaban J connectivity index is 1.67.